The number of piperidine rings is 1. The third-order valence-corrected chi connectivity index (χ3v) is 4.92. The average molecular weight is 383 g/mol. The van der Waals surface area contributed by atoms with Gasteiger partial charge in [-0.1, -0.05) is 47.1 Å². The van der Waals surface area contributed by atoms with Gasteiger partial charge < -0.3 is 14.7 Å². The van der Waals surface area contributed by atoms with Crippen LogP contribution in [0.1, 0.15) is 24.7 Å². The van der Waals surface area contributed by atoms with Crippen LogP contribution < -0.4 is 5.32 Å². The highest BCUT2D eigenvalue weighted by atomic mass is 35.5. The molecule has 27 heavy (non-hydrogen) atoms. The maximum atomic E-state index is 12.4. The molecule has 2 aromatic carbocycles. The number of hydrogen-bond donors (Lipinski definition) is 1. The summed E-state index contributed by atoms with van der Waals surface area (Å²) in [5, 5.41) is 7.63. The highest BCUT2D eigenvalue weighted by Gasteiger charge is 2.27. The molecule has 4 rings (SSSR count). The van der Waals surface area contributed by atoms with Gasteiger partial charge in [-0.05, 0) is 37.1 Å². The molecular formula is C20H19ClN4O2. The summed E-state index contributed by atoms with van der Waals surface area (Å²) in [6.45, 7) is 1.30. The van der Waals surface area contributed by atoms with Gasteiger partial charge in [-0.3, -0.25) is 0 Å². The van der Waals surface area contributed by atoms with Crippen molar-refractivity contribution in [3.8, 4) is 11.4 Å². The van der Waals surface area contributed by atoms with Crippen molar-refractivity contribution >= 4 is 23.3 Å². The Morgan fingerprint density at radius 1 is 1.11 bits per heavy atom. The molecule has 138 valence electrons. The zero-order valence-corrected chi connectivity index (χ0v) is 15.4. The van der Waals surface area contributed by atoms with Gasteiger partial charge in [-0.15, -0.1) is 0 Å². The third kappa shape index (κ3) is 4.11. The summed E-state index contributed by atoms with van der Waals surface area (Å²) < 4.78 is 5.47. The van der Waals surface area contributed by atoms with Gasteiger partial charge in [-0.25, -0.2) is 4.79 Å². The van der Waals surface area contributed by atoms with Crippen molar-refractivity contribution in [2.75, 3.05) is 18.4 Å². The second kappa shape index (κ2) is 7.80. The molecule has 1 aromatic heterocycles. The Morgan fingerprint density at radius 3 is 2.63 bits per heavy atom. The van der Waals surface area contributed by atoms with Crippen LogP contribution in [0, 0.1) is 0 Å². The predicted molar refractivity (Wildman–Crippen MR) is 104 cm³/mol. The van der Waals surface area contributed by atoms with Crippen molar-refractivity contribution in [3.63, 3.8) is 0 Å². The van der Waals surface area contributed by atoms with E-state index in [9.17, 15) is 4.79 Å². The van der Waals surface area contributed by atoms with E-state index >= 15 is 0 Å². The van der Waals surface area contributed by atoms with Crippen molar-refractivity contribution in [1.29, 1.82) is 0 Å². The summed E-state index contributed by atoms with van der Waals surface area (Å²) in [6.07, 6.45) is 1.58. The second-order valence-corrected chi connectivity index (χ2v) is 6.96. The summed E-state index contributed by atoms with van der Waals surface area (Å²) in [7, 11) is 0. The second-order valence-electron chi connectivity index (χ2n) is 6.52. The largest absolute Gasteiger partial charge is 0.339 e. The lowest BCUT2D eigenvalue weighted by Gasteiger charge is -2.30. The molecule has 0 atom stereocenters. The van der Waals surface area contributed by atoms with Crippen molar-refractivity contribution in [2.45, 2.75) is 18.8 Å². The van der Waals surface area contributed by atoms with E-state index in [1.165, 1.54) is 0 Å². The molecule has 6 nitrogen and oxygen atoms in total. The van der Waals surface area contributed by atoms with Crippen LogP contribution in [0.15, 0.2) is 59.1 Å². The number of likely N-dealkylation sites (tertiary alicyclic amines) is 1. The smallest absolute Gasteiger partial charge is 0.321 e. The number of nitrogens with zero attached hydrogens (tertiary/aromatic N) is 3. The van der Waals surface area contributed by atoms with Crippen molar-refractivity contribution in [2.24, 2.45) is 0 Å². The summed E-state index contributed by atoms with van der Waals surface area (Å²) in [5.74, 6) is 1.32. The standard InChI is InChI=1S/C20H19ClN4O2/c21-16-6-4-5-15(13-16)18-23-19(27-24-18)14-9-11-25(12-10-14)20(26)22-17-7-2-1-3-8-17/h1-8,13-14H,9-12H2,(H,22,26). The number of para-hydroxylation sites is 1. The van der Waals surface area contributed by atoms with E-state index in [4.69, 9.17) is 16.1 Å². The van der Waals surface area contributed by atoms with Crippen LogP contribution in [0.25, 0.3) is 11.4 Å². The fourth-order valence-corrected chi connectivity index (χ4v) is 3.39. The Bertz CT molecular complexity index is 920. The molecule has 1 aliphatic rings. The molecule has 0 bridgehead atoms. The van der Waals surface area contributed by atoms with Crippen LogP contribution in [0.3, 0.4) is 0 Å². The monoisotopic (exact) mass is 382 g/mol. The molecule has 1 N–H and O–H groups in total. The fraction of sp³-hybridized carbons (Fsp3) is 0.250. The van der Waals surface area contributed by atoms with Gasteiger partial charge in [0.05, 0.1) is 0 Å². The molecule has 1 fully saturated rings. The molecule has 2 heterocycles. The molecule has 1 saturated heterocycles. The van der Waals surface area contributed by atoms with E-state index in [1.54, 1.807) is 0 Å². The lowest BCUT2D eigenvalue weighted by atomic mass is 9.97. The Hall–Kier alpha value is -2.86. The quantitative estimate of drug-likeness (QED) is 0.706. The average Bonchev–Trinajstić information content (AvgIpc) is 3.19. The number of nitrogens with one attached hydrogen (secondary N) is 1. The van der Waals surface area contributed by atoms with Crippen LogP contribution in [-0.2, 0) is 0 Å². The number of carbonyl (C=O) groups is 1. The molecule has 0 spiro atoms. The molecule has 1 aliphatic heterocycles. The lowest BCUT2D eigenvalue weighted by Crippen LogP contribution is -2.40. The minimum Gasteiger partial charge on any atom is -0.339 e. The number of aromatic nitrogens is 2. The maximum absolute atomic E-state index is 12.4. The molecule has 0 radical (unpaired) electrons. The zero-order valence-electron chi connectivity index (χ0n) is 14.6. The Morgan fingerprint density at radius 2 is 1.89 bits per heavy atom. The minimum absolute atomic E-state index is 0.0789. The van der Waals surface area contributed by atoms with Crippen molar-refractivity contribution in [1.82, 2.24) is 15.0 Å². The van der Waals surface area contributed by atoms with E-state index in [2.05, 4.69) is 15.5 Å². The minimum atomic E-state index is -0.0789. The van der Waals surface area contributed by atoms with Gasteiger partial charge in [0.2, 0.25) is 11.7 Å². The van der Waals surface area contributed by atoms with Crippen LogP contribution in [0.5, 0.6) is 0 Å². The number of rotatable bonds is 3. The van der Waals surface area contributed by atoms with Crippen molar-refractivity contribution in [3.05, 3.63) is 65.5 Å². The van der Waals surface area contributed by atoms with Crippen LogP contribution in [-0.4, -0.2) is 34.2 Å². The zero-order chi connectivity index (χ0) is 18.6. The molecule has 7 heteroatoms. The van der Waals surface area contributed by atoms with E-state index in [1.807, 2.05) is 59.5 Å². The normalized spacial score (nSPS) is 14.9. The number of anilines is 1. The first-order chi connectivity index (χ1) is 13.2. The van der Waals surface area contributed by atoms with Crippen LogP contribution in [0.2, 0.25) is 5.02 Å². The number of amides is 2. The first-order valence-electron chi connectivity index (χ1n) is 8.89. The van der Waals surface area contributed by atoms with Gasteiger partial charge in [0, 0.05) is 35.3 Å². The van der Waals surface area contributed by atoms with Crippen LogP contribution in [0.4, 0.5) is 10.5 Å². The highest BCUT2D eigenvalue weighted by Crippen LogP contribution is 2.29. The predicted octanol–water partition coefficient (Wildman–Crippen LogP) is 4.80. The Kier molecular flexibility index (Phi) is 5.07. The first-order valence-corrected chi connectivity index (χ1v) is 9.27. The molecule has 3 aromatic rings. The summed E-state index contributed by atoms with van der Waals surface area (Å²) in [6, 6.07) is 16.8. The molecule has 0 saturated carbocycles. The Balaban J connectivity index is 1.36. The summed E-state index contributed by atoms with van der Waals surface area (Å²) in [4.78, 5) is 18.7. The third-order valence-electron chi connectivity index (χ3n) is 4.68. The van der Waals surface area contributed by atoms with Gasteiger partial charge in [0.1, 0.15) is 0 Å². The number of benzene rings is 2. The topological polar surface area (TPSA) is 71.3 Å². The van der Waals surface area contributed by atoms with Crippen LogP contribution >= 0.6 is 11.6 Å². The van der Waals surface area contributed by atoms with E-state index in [0.717, 1.165) is 24.1 Å². The maximum Gasteiger partial charge on any atom is 0.321 e. The number of hydrogen-bond acceptors (Lipinski definition) is 4. The number of carbonyl (C=O) groups excluding carboxylic acids is 1. The van der Waals surface area contributed by atoms with Gasteiger partial charge in [0.25, 0.3) is 0 Å². The van der Waals surface area contributed by atoms with Gasteiger partial charge >= 0.3 is 6.03 Å². The Labute approximate surface area is 162 Å². The van der Waals surface area contributed by atoms with E-state index in [0.29, 0.717) is 29.8 Å². The lowest BCUT2D eigenvalue weighted by molar-refractivity contribution is 0.187. The molecular weight excluding hydrogens is 364 g/mol. The van der Waals surface area contributed by atoms with Gasteiger partial charge in [-0.2, -0.15) is 4.98 Å². The molecule has 2 amide bonds. The number of halogens is 1. The summed E-state index contributed by atoms with van der Waals surface area (Å²) in [5.41, 5.74) is 1.63. The van der Waals surface area contributed by atoms with E-state index in [-0.39, 0.29) is 11.9 Å². The fourth-order valence-electron chi connectivity index (χ4n) is 3.20. The molecule has 0 aliphatic carbocycles. The SMILES string of the molecule is O=C(Nc1ccccc1)N1CCC(c2nc(-c3cccc(Cl)c3)no2)CC1. The first kappa shape index (κ1) is 17.5. The van der Waals surface area contributed by atoms with E-state index < -0.39 is 0 Å². The van der Waals surface area contributed by atoms with Gasteiger partial charge in [0.15, 0.2) is 0 Å². The van der Waals surface area contributed by atoms with Crippen molar-refractivity contribution < 1.29 is 9.32 Å². The highest BCUT2D eigenvalue weighted by molar-refractivity contribution is 6.30. The molecule has 0 unspecified atom stereocenters. The number of urea groups is 1. The summed E-state index contributed by atoms with van der Waals surface area (Å²) >= 11 is 6.02.